The highest BCUT2D eigenvalue weighted by Gasteiger charge is 2.45. The van der Waals surface area contributed by atoms with Crippen molar-refractivity contribution in [2.75, 3.05) is 33.2 Å². The highest BCUT2D eigenvalue weighted by atomic mass is 15.3. The molecule has 3 fully saturated rings. The Morgan fingerprint density at radius 2 is 1.67 bits per heavy atom. The molecule has 0 bridgehead atoms. The summed E-state index contributed by atoms with van der Waals surface area (Å²) in [6, 6.07) is 0.893. The fourth-order valence-corrected chi connectivity index (χ4v) is 4.09. The summed E-state index contributed by atoms with van der Waals surface area (Å²) in [5.41, 5.74) is 0.797. The summed E-state index contributed by atoms with van der Waals surface area (Å²) in [7, 11) is 2.23. The largest absolute Gasteiger partial charge is 0.303 e. The molecule has 3 rings (SSSR count). The quantitative estimate of drug-likeness (QED) is 0.648. The van der Waals surface area contributed by atoms with Crippen LogP contribution in [0.2, 0.25) is 0 Å². The van der Waals surface area contributed by atoms with Crippen molar-refractivity contribution in [1.82, 2.24) is 9.80 Å². The molecule has 86 valence electrons. The molecule has 0 amide bonds. The second-order valence-corrected chi connectivity index (χ2v) is 6.42. The minimum atomic E-state index is 0.797. The second-order valence-electron chi connectivity index (χ2n) is 6.42. The first-order valence-electron chi connectivity index (χ1n) is 6.59. The van der Waals surface area contributed by atoms with Gasteiger partial charge in [0.15, 0.2) is 0 Å². The van der Waals surface area contributed by atoms with Crippen LogP contribution in [0.5, 0.6) is 0 Å². The van der Waals surface area contributed by atoms with Gasteiger partial charge in [0.05, 0.1) is 0 Å². The van der Waals surface area contributed by atoms with Crippen LogP contribution in [-0.4, -0.2) is 49.1 Å². The molecule has 0 atom stereocenters. The van der Waals surface area contributed by atoms with Gasteiger partial charge in [0.2, 0.25) is 0 Å². The number of likely N-dealkylation sites (tertiary alicyclic amines) is 2. The highest BCUT2D eigenvalue weighted by Crippen LogP contribution is 2.52. The zero-order valence-corrected chi connectivity index (χ0v) is 10.2. The van der Waals surface area contributed by atoms with Gasteiger partial charge in [-0.25, -0.2) is 0 Å². The van der Waals surface area contributed by atoms with Crippen LogP contribution >= 0.6 is 0 Å². The summed E-state index contributed by atoms with van der Waals surface area (Å²) >= 11 is 0. The standard InChI is InChI=1S/C13H24N2/c1-11-7-13(8-11)3-5-15(6-4-13)12-9-14(2)10-12/h11-12H,3-10H2,1-2H3. The molecule has 1 aliphatic carbocycles. The minimum Gasteiger partial charge on any atom is -0.303 e. The maximum Gasteiger partial charge on any atom is 0.0350 e. The van der Waals surface area contributed by atoms with E-state index in [9.17, 15) is 0 Å². The van der Waals surface area contributed by atoms with Gasteiger partial charge in [-0.1, -0.05) is 6.92 Å². The molecule has 15 heavy (non-hydrogen) atoms. The average Bonchev–Trinajstić information content (AvgIpc) is 2.13. The van der Waals surface area contributed by atoms with E-state index in [-0.39, 0.29) is 0 Å². The average molecular weight is 208 g/mol. The Morgan fingerprint density at radius 3 is 2.13 bits per heavy atom. The van der Waals surface area contributed by atoms with Crippen LogP contribution in [0.3, 0.4) is 0 Å². The van der Waals surface area contributed by atoms with Gasteiger partial charge in [-0.3, -0.25) is 4.90 Å². The first-order chi connectivity index (χ1) is 7.17. The van der Waals surface area contributed by atoms with E-state index in [0.29, 0.717) is 0 Å². The van der Waals surface area contributed by atoms with E-state index in [1.165, 1.54) is 51.9 Å². The molecule has 3 aliphatic rings. The highest BCUT2D eigenvalue weighted by molar-refractivity contribution is 4.98. The SMILES string of the molecule is CC1CC2(CCN(C3CN(C)C3)CC2)C1. The number of piperidine rings is 1. The molecule has 2 aliphatic heterocycles. The lowest BCUT2D eigenvalue weighted by Crippen LogP contribution is -2.60. The van der Waals surface area contributed by atoms with Gasteiger partial charge >= 0.3 is 0 Å². The number of likely N-dealkylation sites (N-methyl/N-ethyl adjacent to an activating group) is 1. The van der Waals surface area contributed by atoms with Crippen LogP contribution in [-0.2, 0) is 0 Å². The summed E-state index contributed by atoms with van der Waals surface area (Å²) in [6.07, 6.45) is 6.01. The smallest absolute Gasteiger partial charge is 0.0350 e. The molecule has 2 heteroatoms. The lowest BCUT2D eigenvalue weighted by Gasteiger charge is -2.54. The summed E-state index contributed by atoms with van der Waals surface area (Å²) in [5, 5.41) is 0. The van der Waals surface area contributed by atoms with E-state index >= 15 is 0 Å². The minimum absolute atomic E-state index is 0.797. The maximum absolute atomic E-state index is 2.74. The molecular formula is C13H24N2. The molecule has 1 spiro atoms. The molecule has 0 aromatic heterocycles. The van der Waals surface area contributed by atoms with Crippen LogP contribution in [0, 0.1) is 11.3 Å². The van der Waals surface area contributed by atoms with Crippen molar-refractivity contribution in [3.63, 3.8) is 0 Å². The van der Waals surface area contributed by atoms with Crippen molar-refractivity contribution >= 4 is 0 Å². The van der Waals surface area contributed by atoms with Crippen LogP contribution < -0.4 is 0 Å². The van der Waals surface area contributed by atoms with Crippen molar-refractivity contribution in [2.24, 2.45) is 11.3 Å². The fraction of sp³-hybridized carbons (Fsp3) is 1.00. The number of hydrogen-bond donors (Lipinski definition) is 0. The number of rotatable bonds is 1. The Bertz CT molecular complexity index is 229. The fourth-order valence-electron chi connectivity index (χ4n) is 4.09. The maximum atomic E-state index is 2.74. The van der Waals surface area contributed by atoms with Gasteiger partial charge in [0.25, 0.3) is 0 Å². The van der Waals surface area contributed by atoms with E-state index < -0.39 is 0 Å². The Balaban J connectivity index is 1.49. The lowest BCUT2D eigenvalue weighted by atomic mass is 9.58. The lowest BCUT2D eigenvalue weighted by molar-refractivity contribution is -0.0424. The normalized spacial score (nSPS) is 34.0. The molecule has 0 aromatic carbocycles. The molecule has 0 N–H and O–H groups in total. The summed E-state index contributed by atoms with van der Waals surface area (Å²) in [5.74, 6) is 1.02. The van der Waals surface area contributed by atoms with Crippen molar-refractivity contribution in [1.29, 1.82) is 0 Å². The Labute approximate surface area is 93.6 Å². The van der Waals surface area contributed by atoms with Crippen LogP contribution in [0.15, 0.2) is 0 Å². The van der Waals surface area contributed by atoms with Gasteiger partial charge in [-0.2, -0.15) is 0 Å². The topological polar surface area (TPSA) is 6.48 Å². The molecule has 0 unspecified atom stereocenters. The van der Waals surface area contributed by atoms with Crippen LogP contribution in [0.4, 0.5) is 0 Å². The van der Waals surface area contributed by atoms with E-state index in [4.69, 9.17) is 0 Å². The van der Waals surface area contributed by atoms with Crippen molar-refractivity contribution in [3.8, 4) is 0 Å². The van der Waals surface area contributed by atoms with E-state index in [1.54, 1.807) is 0 Å². The van der Waals surface area contributed by atoms with Gasteiger partial charge in [-0.05, 0) is 57.2 Å². The van der Waals surface area contributed by atoms with Crippen molar-refractivity contribution in [3.05, 3.63) is 0 Å². The predicted octanol–water partition coefficient (Wildman–Crippen LogP) is 1.81. The zero-order valence-electron chi connectivity index (χ0n) is 10.2. The monoisotopic (exact) mass is 208 g/mol. The van der Waals surface area contributed by atoms with Crippen LogP contribution in [0.1, 0.15) is 32.6 Å². The third-order valence-electron chi connectivity index (χ3n) is 4.98. The molecule has 1 saturated carbocycles. The Hall–Kier alpha value is -0.0800. The van der Waals surface area contributed by atoms with E-state index in [1.807, 2.05) is 0 Å². The third kappa shape index (κ3) is 1.72. The number of nitrogens with zero attached hydrogens (tertiary/aromatic N) is 2. The summed E-state index contributed by atoms with van der Waals surface area (Å²) in [4.78, 5) is 5.18. The summed E-state index contributed by atoms with van der Waals surface area (Å²) < 4.78 is 0. The van der Waals surface area contributed by atoms with E-state index in [2.05, 4.69) is 23.8 Å². The van der Waals surface area contributed by atoms with Gasteiger partial charge in [-0.15, -0.1) is 0 Å². The van der Waals surface area contributed by atoms with Crippen molar-refractivity contribution in [2.45, 2.75) is 38.6 Å². The third-order valence-corrected chi connectivity index (χ3v) is 4.98. The van der Waals surface area contributed by atoms with Crippen LogP contribution in [0.25, 0.3) is 0 Å². The zero-order chi connectivity index (χ0) is 10.5. The first kappa shape index (κ1) is 10.1. The second kappa shape index (κ2) is 3.46. The Kier molecular flexibility index (Phi) is 2.33. The molecule has 2 nitrogen and oxygen atoms in total. The summed E-state index contributed by atoms with van der Waals surface area (Å²) in [6.45, 7) is 7.79. The van der Waals surface area contributed by atoms with Crippen molar-refractivity contribution < 1.29 is 0 Å². The van der Waals surface area contributed by atoms with Gasteiger partial charge in [0, 0.05) is 19.1 Å². The van der Waals surface area contributed by atoms with Gasteiger partial charge < -0.3 is 4.90 Å². The molecule has 2 heterocycles. The first-order valence-corrected chi connectivity index (χ1v) is 6.59. The predicted molar refractivity (Wildman–Crippen MR) is 62.9 cm³/mol. The van der Waals surface area contributed by atoms with Gasteiger partial charge in [0.1, 0.15) is 0 Å². The molecule has 0 radical (unpaired) electrons. The van der Waals surface area contributed by atoms with E-state index in [0.717, 1.165) is 17.4 Å². The molecule has 2 saturated heterocycles. The molecular weight excluding hydrogens is 184 g/mol. The Morgan fingerprint density at radius 1 is 1.07 bits per heavy atom. The number of hydrogen-bond acceptors (Lipinski definition) is 2. The molecule has 0 aromatic rings.